The van der Waals surface area contributed by atoms with Crippen molar-refractivity contribution in [3.05, 3.63) is 72.7 Å². The van der Waals surface area contributed by atoms with Crippen molar-refractivity contribution in [3.8, 4) is 11.1 Å². The molecule has 2 aromatic carbocycles. The Kier molecular flexibility index (Phi) is 4.97. The predicted molar refractivity (Wildman–Crippen MR) is 122 cm³/mol. The molecular weight excluding hydrogens is 390 g/mol. The zero-order chi connectivity index (χ0) is 21.2. The molecule has 8 nitrogen and oxygen atoms in total. The van der Waals surface area contributed by atoms with Crippen LogP contribution in [0.5, 0.6) is 0 Å². The van der Waals surface area contributed by atoms with Crippen LogP contribution in [0.3, 0.4) is 0 Å². The van der Waals surface area contributed by atoms with Gasteiger partial charge < -0.3 is 21.3 Å². The number of aromatic nitrogens is 3. The standard InChI is InChI=1S/C23H23N7O/c24-17-3-1-2-16(14-17)20-15-26-30-11-8-21(28-22(20)30)23(31)27-18-4-6-19(7-5-18)29-12-9-25-10-13-29/h1-8,11,14-15,25H,9-10,12-13,24H2,(H,27,31). The number of piperazine rings is 1. The Morgan fingerprint density at radius 1 is 1.06 bits per heavy atom. The van der Waals surface area contributed by atoms with Crippen molar-refractivity contribution >= 4 is 28.6 Å². The Morgan fingerprint density at radius 3 is 2.65 bits per heavy atom. The second-order valence-corrected chi connectivity index (χ2v) is 7.50. The van der Waals surface area contributed by atoms with Crippen LogP contribution < -0.4 is 21.3 Å². The topological polar surface area (TPSA) is 101 Å². The molecule has 0 unspecified atom stereocenters. The molecule has 5 rings (SSSR count). The van der Waals surface area contributed by atoms with Crippen LogP contribution in [0.25, 0.3) is 16.8 Å². The van der Waals surface area contributed by atoms with E-state index < -0.39 is 0 Å². The number of hydrogen-bond donors (Lipinski definition) is 3. The Balaban J connectivity index is 1.36. The van der Waals surface area contributed by atoms with Crippen molar-refractivity contribution in [2.75, 3.05) is 42.1 Å². The molecule has 0 saturated carbocycles. The van der Waals surface area contributed by atoms with Crippen molar-refractivity contribution in [2.45, 2.75) is 0 Å². The summed E-state index contributed by atoms with van der Waals surface area (Å²) >= 11 is 0. The maximum atomic E-state index is 12.8. The van der Waals surface area contributed by atoms with E-state index in [0.29, 0.717) is 17.0 Å². The minimum atomic E-state index is -0.267. The molecule has 4 aromatic rings. The van der Waals surface area contributed by atoms with Crippen LogP contribution in [0.1, 0.15) is 10.5 Å². The van der Waals surface area contributed by atoms with Crippen LogP contribution in [0.2, 0.25) is 0 Å². The van der Waals surface area contributed by atoms with Crippen molar-refractivity contribution in [3.63, 3.8) is 0 Å². The van der Waals surface area contributed by atoms with Gasteiger partial charge in [0.15, 0.2) is 5.65 Å². The largest absolute Gasteiger partial charge is 0.399 e. The Labute approximate surface area is 179 Å². The third-order valence-corrected chi connectivity index (χ3v) is 5.41. The van der Waals surface area contributed by atoms with Crippen LogP contribution in [0, 0.1) is 0 Å². The van der Waals surface area contributed by atoms with Crippen LogP contribution in [0.15, 0.2) is 67.0 Å². The summed E-state index contributed by atoms with van der Waals surface area (Å²) in [5.74, 6) is -0.267. The predicted octanol–water partition coefficient (Wildman–Crippen LogP) is 2.64. The Hall–Kier alpha value is -3.91. The summed E-state index contributed by atoms with van der Waals surface area (Å²) in [5, 5.41) is 10.6. The van der Waals surface area contributed by atoms with E-state index in [1.807, 2.05) is 48.5 Å². The molecule has 1 amide bonds. The molecule has 8 heteroatoms. The lowest BCUT2D eigenvalue weighted by atomic mass is 10.1. The molecular formula is C23H23N7O. The van der Waals surface area contributed by atoms with E-state index in [4.69, 9.17) is 5.73 Å². The Morgan fingerprint density at radius 2 is 1.87 bits per heavy atom. The number of nitrogen functional groups attached to an aromatic ring is 1. The van der Waals surface area contributed by atoms with E-state index in [-0.39, 0.29) is 5.91 Å². The number of carbonyl (C=O) groups is 1. The van der Waals surface area contributed by atoms with Crippen LogP contribution >= 0.6 is 0 Å². The van der Waals surface area contributed by atoms with Gasteiger partial charge in [0.2, 0.25) is 0 Å². The SMILES string of the molecule is Nc1cccc(-c2cnn3ccc(C(=O)Nc4ccc(N5CCNCC5)cc4)nc23)c1. The second-order valence-electron chi connectivity index (χ2n) is 7.50. The number of rotatable bonds is 4. The lowest BCUT2D eigenvalue weighted by Gasteiger charge is -2.29. The first kappa shape index (κ1) is 19.1. The van der Waals surface area contributed by atoms with Crippen LogP contribution in [-0.2, 0) is 0 Å². The molecule has 0 aliphatic carbocycles. The molecule has 0 bridgehead atoms. The highest BCUT2D eigenvalue weighted by molar-refractivity contribution is 6.03. The van der Waals surface area contributed by atoms with E-state index in [0.717, 1.165) is 48.7 Å². The second kappa shape index (κ2) is 8.08. The summed E-state index contributed by atoms with van der Waals surface area (Å²) < 4.78 is 1.65. The number of nitrogens with two attached hydrogens (primary N) is 1. The van der Waals surface area contributed by atoms with Gasteiger partial charge in [0.1, 0.15) is 5.69 Å². The normalized spacial score (nSPS) is 14.0. The number of hydrogen-bond acceptors (Lipinski definition) is 6. The number of anilines is 3. The first-order valence-electron chi connectivity index (χ1n) is 10.2. The molecule has 4 N–H and O–H groups in total. The van der Waals surface area contributed by atoms with Gasteiger partial charge in [-0.05, 0) is 48.0 Å². The summed E-state index contributed by atoms with van der Waals surface area (Å²) in [5.41, 5.74) is 11.1. The zero-order valence-electron chi connectivity index (χ0n) is 17.0. The molecule has 1 aliphatic heterocycles. The van der Waals surface area contributed by atoms with Gasteiger partial charge in [-0.1, -0.05) is 12.1 Å². The molecule has 0 spiro atoms. The number of amides is 1. The van der Waals surface area contributed by atoms with Gasteiger partial charge in [-0.3, -0.25) is 4.79 Å². The number of nitrogens with zero attached hydrogens (tertiary/aromatic N) is 4. The lowest BCUT2D eigenvalue weighted by Crippen LogP contribution is -2.43. The van der Waals surface area contributed by atoms with Crippen LogP contribution in [-0.4, -0.2) is 46.7 Å². The maximum absolute atomic E-state index is 12.8. The fourth-order valence-electron chi connectivity index (χ4n) is 3.78. The highest BCUT2D eigenvalue weighted by atomic mass is 16.1. The minimum Gasteiger partial charge on any atom is -0.399 e. The third kappa shape index (κ3) is 3.93. The van der Waals surface area contributed by atoms with Gasteiger partial charge in [-0.15, -0.1) is 0 Å². The van der Waals surface area contributed by atoms with E-state index in [1.54, 1.807) is 23.0 Å². The summed E-state index contributed by atoms with van der Waals surface area (Å²) in [6, 6.07) is 17.1. The summed E-state index contributed by atoms with van der Waals surface area (Å²) in [4.78, 5) is 19.7. The fraction of sp³-hybridized carbons (Fsp3) is 0.174. The van der Waals surface area contributed by atoms with Gasteiger partial charge in [-0.25, -0.2) is 9.50 Å². The van der Waals surface area contributed by atoms with E-state index in [2.05, 4.69) is 25.6 Å². The monoisotopic (exact) mass is 413 g/mol. The summed E-state index contributed by atoms with van der Waals surface area (Å²) in [6.07, 6.45) is 3.47. The molecule has 1 aliphatic rings. The summed E-state index contributed by atoms with van der Waals surface area (Å²) in [7, 11) is 0. The van der Waals surface area contributed by atoms with E-state index >= 15 is 0 Å². The average Bonchev–Trinajstić information content (AvgIpc) is 3.23. The number of nitrogens with one attached hydrogen (secondary N) is 2. The molecule has 0 radical (unpaired) electrons. The van der Waals surface area contributed by atoms with Gasteiger partial charge in [0.05, 0.1) is 6.20 Å². The molecule has 1 fully saturated rings. The highest BCUT2D eigenvalue weighted by Crippen LogP contribution is 2.25. The summed E-state index contributed by atoms with van der Waals surface area (Å²) in [6.45, 7) is 3.93. The number of fused-ring (bicyclic) bond motifs is 1. The molecule has 3 heterocycles. The fourth-order valence-corrected chi connectivity index (χ4v) is 3.78. The number of carbonyl (C=O) groups excluding carboxylic acids is 1. The van der Waals surface area contributed by atoms with Gasteiger partial charge in [0, 0.05) is 55.0 Å². The van der Waals surface area contributed by atoms with Gasteiger partial charge in [0.25, 0.3) is 5.91 Å². The smallest absolute Gasteiger partial charge is 0.274 e. The van der Waals surface area contributed by atoms with Crippen molar-refractivity contribution in [1.29, 1.82) is 0 Å². The zero-order valence-corrected chi connectivity index (χ0v) is 17.0. The average molecular weight is 413 g/mol. The first-order valence-corrected chi connectivity index (χ1v) is 10.2. The maximum Gasteiger partial charge on any atom is 0.274 e. The lowest BCUT2D eigenvalue weighted by molar-refractivity contribution is 0.102. The third-order valence-electron chi connectivity index (χ3n) is 5.41. The molecule has 2 aromatic heterocycles. The first-order chi connectivity index (χ1) is 15.2. The molecule has 31 heavy (non-hydrogen) atoms. The Bertz CT molecular complexity index is 1230. The van der Waals surface area contributed by atoms with Gasteiger partial charge >= 0.3 is 0 Å². The molecule has 1 saturated heterocycles. The van der Waals surface area contributed by atoms with Crippen molar-refractivity contribution < 1.29 is 4.79 Å². The van der Waals surface area contributed by atoms with E-state index in [9.17, 15) is 4.79 Å². The number of benzene rings is 2. The van der Waals surface area contributed by atoms with Gasteiger partial charge in [-0.2, -0.15) is 5.10 Å². The quantitative estimate of drug-likeness (QED) is 0.445. The highest BCUT2D eigenvalue weighted by Gasteiger charge is 2.14. The minimum absolute atomic E-state index is 0.267. The molecule has 0 atom stereocenters. The van der Waals surface area contributed by atoms with Crippen molar-refractivity contribution in [2.24, 2.45) is 0 Å². The van der Waals surface area contributed by atoms with E-state index in [1.165, 1.54) is 0 Å². The molecule has 156 valence electrons. The van der Waals surface area contributed by atoms with Crippen molar-refractivity contribution in [1.82, 2.24) is 19.9 Å². The van der Waals surface area contributed by atoms with Crippen LogP contribution in [0.4, 0.5) is 17.1 Å².